The van der Waals surface area contributed by atoms with Gasteiger partial charge in [-0.1, -0.05) is 13.0 Å². The van der Waals surface area contributed by atoms with Gasteiger partial charge in [0.2, 0.25) is 0 Å². The molecule has 3 saturated heterocycles. The average molecular weight is 395 g/mol. The zero-order valence-corrected chi connectivity index (χ0v) is 17.3. The van der Waals surface area contributed by atoms with Gasteiger partial charge in [0.15, 0.2) is 0 Å². The van der Waals surface area contributed by atoms with E-state index in [1.54, 1.807) is 6.07 Å². The minimum Gasteiger partial charge on any atom is -0.371 e. The van der Waals surface area contributed by atoms with Crippen LogP contribution in [0.15, 0.2) is 42.6 Å². The number of hydrogen-bond donors (Lipinski definition) is 0. The molecule has 3 aliphatic heterocycles. The molecule has 1 aromatic heterocycles. The van der Waals surface area contributed by atoms with Crippen molar-refractivity contribution in [2.45, 2.75) is 51.1 Å². The summed E-state index contributed by atoms with van der Waals surface area (Å²) in [6, 6.07) is 12.4. The Bertz CT molecular complexity index is 848. The number of pyridine rings is 1. The highest BCUT2D eigenvalue weighted by atomic mass is 19.1. The lowest BCUT2D eigenvalue weighted by molar-refractivity contribution is 0.432. The largest absolute Gasteiger partial charge is 0.371 e. The van der Waals surface area contributed by atoms with E-state index in [9.17, 15) is 4.39 Å². The summed E-state index contributed by atoms with van der Waals surface area (Å²) in [4.78, 5) is 12.2. The van der Waals surface area contributed by atoms with Crippen molar-refractivity contribution in [2.75, 3.05) is 40.9 Å². The fraction of sp³-hybridized carbons (Fsp3) is 0.542. The molecule has 0 spiro atoms. The highest BCUT2D eigenvalue weighted by molar-refractivity contribution is 5.58. The van der Waals surface area contributed by atoms with Crippen LogP contribution in [0.5, 0.6) is 0 Å². The molecule has 154 valence electrons. The molecular formula is C24H31FN4. The summed E-state index contributed by atoms with van der Waals surface area (Å²) in [5, 5.41) is 0. The number of hydrogen-bond acceptors (Lipinski definition) is 4. The van der Waals surface area contributed by atoms with Gasteiger partial charge in [-0.05, 0) is 62.3 Å². The lowest BCUT2D eigenvalue weighted by Crippen LogP contribution is -2.50. The van der Waals surface area contributed by atoms with Crippen LogP contribution < -0.4 is 14.7 Å². The van der Waals surface area contributed by atoms with Crippen LogP contribution in [-0.4, -0.2) is 43.2 Å². The zero-order valence-electron chi connectivity index (χ0n) is 17.3. The monoisotopic (exact) mass is 394 g/mol. The molecule has 1 aromatic carbocycles. The Labute approximate surface area is 173 Å². The third-order valence-corrected chi connectivity index (χ3v) is 7.12. The van der Waals surface area contributed by atoms with Crippen molar-refractivity contribution in [3.63, 3.8) is 0 Å². The number of piperidine rings is 2. The number of benzene rings is 1. The van der Waals surface area contributed by atoms with Gasteiger partial charge in [-0.15, -0.1) is 0 Å². The molecule has 5 rings (SSSR count). The summed E-state index contributed by atoms with van der Waals surface area (Å²) in [5.41, 5.74) is 2.33. The van der Waals surface area contributed by atoms with Crippen molar-refractivity contribution in [2.24, 2.45) is 5.92 Å². The fourth-order valence-corrected chi connectivity index (χ4v) is 5.47. The van der Waals surface area contributed by atoms with Crippen LogP contribution in [0, 0.1) is 11.7 Å². The van der Waals surface area contributed by atoms with Gasteiger partial charge in [0.25, 0.3) is 0 Å². The highest BCUT2D eigenvalue weighted by Crippen LogP contribution is 2.37. The van der Waals surface area contributed by atoms with Gasteiger partial charge in [-0.3, -0.25) is 0 Å². The summed E-state index contributed by atoms with van der Waals surface area (Å²) < 4.78 is 13.8. The summed E-state index contributed by atoms with van der Waals surface area (Å²) in [6.45, 7) is 6.67. The molecule has 3 fully saturated rings. The maximum atomic E-state index is 13.8. The summed E-state index contributed by atoms with van der Waals surface area (Å²) in [5.74, 6) is 1.79. The summed E-state index contributed by atoms with van der Waals surface area (Å²) in [6.07, 6.45) is 7.95. The van der Waals surface area contributed by atoms with Crippen molar-refractivity contribution < 1.29 is 4.39 Å². The molecule has 0 aliphatic carbocycles. The molecule has 4 heterocycles. The van der Waals surface area contributed by atoms with Crippen LogP contribution in [0.1, 0.15) is 39.0 Å². The van der Waals surface area contributed by atoms with E-state index in [1.165, 1.54) is 31.0 Å². The minimum atomic E-state index is -0.148. The molecule has 2 atom stereocenters. The van der Waals surface area contributed by atoms with Gasteiger partial charge in [-0.25, -0.2) is 9.37 Å². The van der Waals surface area contributed by atoms with E-state index in [0.29, 0.717) is 12.1 Å². The first-order chi connectivity index (χ1) is 14.2. The van der Waals surface area contributed by atoms with Crippen molar-refractivity contribution in [1.29, 1.82) is 0 Å². The van der Waals surface area contributed by atoms with E-state index in [4.69, 9.17) is 4.98 Å². The molecule has 5 heteroatoms. The molecule has 3 aliphatic rings. The van der Waals surface area contributed by atoms with Crippen LogP contribution in [0.25, 0.3) is 0 Å². The normalized spacial score (nSPS) is 25.4. The number of halogens is 1. The predicted molar refractivity (Wildman–Crippen MR) is 117 cm³/mol. The molecular weight excluding hydrogens is 363 g/mol. The summed E-state index contributed by atoms with van der Waals surface area (Å²) >= 11 is 0. The molecule has 29 heavy (non-hydrogen) atoms. The van der Waals surface area contributed by atoms with E-state index < -0.39 is 0 Å². The van der Waals surface area contributed by atoms with Crippen LogP contribution in [0.3, 0.4) is 0 Å². The van der Waals surface area contributed by atoms with E-state index in [-0.39, 0.29) is 5.82 Å². The number of anilines is 3. The lowest BCUT2D eigenvalue weighted by atomic mass is 9.96. The van der Waals surface area contributed by atoms with E-state index in [1.807, 2.05) is 18.3 Å². The van der Waals surface area contributed by atoms with Crippen molar-refractivity contribution in [3.05, 3.63) is 48.4 Å². The lowest BCUT2D eigenvalue weighted by Gasteiger charge is -2.41. The third-order valence-electron chi connectivity index (χ3n) is 7.12. The number of rotatable bonds is 3. The molecule has 0 amide bonds. The molecule has 4 nitrogen and oxygen atoms in total. The zero-order chi connectivity index (χ0) is 19.8. The molecule has 0 saturated carbocycles. The first kappa shape index (κ1) is 18.7. The second-order valence-electron chi connectivity index (χ2n) is 8.97. The second kappa shape index (κ2) is 7.85. The second-order valence-corrected chi connectivity index (χ2v) is 8.97. The molecule has 0 radical (unpaired) electrons. The Balaban J connectivity index is 1.36. The number of nitrogens with zero attached hydrogens (tertiary/aromatic N) is 4. The smallest absolute Gasteiger partial charge is 0.130 e. The number of fused-ring (bicyclic) bond motifs is 1. The SMILES string of the molecule is CC1CCN(c2ccnc(N3CCC4C3CCCN4c3cccc(F)c3)c2)CC1. The van der Waals surface area contributed by atoms with Crippen LogP contribution in [0.2, 0.25) is 0 Å². The Morgan fingerprint density at radius 3 is 2.52 bits per heavy atom. The van der Waals surface area contributed by atoms with E-state index >= 15 is 0 Å². The van der Waals surface area contributed by atoms with Crippen LogP contribution in [-0.2, 0) is 0 Å². The molecule has 0 N–H and O–H groups in total. The first-order valence-corrected chi connectivity index (χ1v) is 11.2. The first-order valence-electron chi connectivity index (χ1n) is 11.2. The van der Waals surface area contributed by atoms with Gasteiger partial charge in [0.1, 0.15) is 11.6 Å². The maximum Gasteiger partial charge on any atom is 0.130 e. The van der Waals surface area contributed by atoms with Crippen LogP contribution >= 0.6 is 0 Å². The quantitative estimate of drug-likeness (QED) is 0.752. The van der Waals surface area contributed by atoms with Crippen molar-refractivity contribution in [1.82, 2.24) is 4.98 Å². The van der Waals surface area contributed by atoms with Gasteiger partial charge in [-0.2, -0.15) is 0 Å². The molecule has 2 aromatic rings. The van der Waals surface area contributed by atoms with Gasteiger partial charge in [0, 0.05) is 49.8 Å². The van der Waals surface area contributed by atoms with Gasteiger partial charge >= 0.3 is 0 Å². The van der Waals surface area contributed by atoms with E-state index in [2.05, 4.69) is 33.8 Å². The minimum absolute atomic E-state index is 0.148. The Kier molecular flexibility index (Phi) is 5.06. The molecule has 2 unspecified atom stereocenters. The Morgan fingerprint density at radius 2 is 1.69 bits per heavy atom. The van der Waals surface area contributed by atoms with E-state index in [0.717, 1.165) is 56.4 Å². The van der Waals surface area contributed by atoms with Crippen LogP contribution in [0.4, 0.5) is 21.6 Å². The topological polar surface area (TPSA) is 22.6 Å². The highest BCUT2D eigenvalue weighted by Gasteiger charge is 2.41. The fourth-order valence-electron chi connectivity index (χ4n) is 5.47. The third kappa shape index (κ3) is 3.67. The van der Waals surface area contributed by atoms with Crippen molar-refractivity contribution in [3.8, 4) is 0 Å². The Morgan fingerprint density at radius 1 is 0.862 bits per heavy atom. The average Bonchev–Trinajstić information content (AvgIpc) is 3.19. The van der Waals surface area contributed by atoms with Gasteiger partial charge in [0.05, 0.1) is 12.1 Å². The number of aromatic nitrogens is 1. The maximum absolute atomic E-state index is 13.8. The predicted octanol–water partition coefficient (Wildman–Crippen LogP) is 4.70. The van der Waals surface area contributed by atoms with Gasteiger partial charge < -0.3 is 14.7 Å². The Hall–Kier alpha value is -2.30. The summed E-state index contributed by atoms with van der Waals surface area (Å²) in [7, 11) is 0. The standard InChI is InChI=1S/C24H31FN4/c1-18-8-13-27(14-9-18)20-7-11-26-24(17-20)29-15-10-23-22(29)6-3-12-28(23)21-5-2-4-19(25)16-21/h2,4-5,7,11,16-18,22-23H,3,6,8-10,12-15H2,1H3. The van der Waals surface area contributed by atoms with Crippen molar-refractivity contribution >= 4 is 17.2 Å². The molecule has 0 bridgehead atoms.